The molecule has 0 aliphatic carbocycles. The number of hydrogen-bond donors (Lipinski definition) is 1. The summed E-state index contributed by atoms with van der Waals surface area (Å²) >= 11 is 0. The van der Waals surface area contributed by atoms with E-state index in [4.69, 9.17) is 4.74 Å². The monoisotopic (exact) mass is 368 g/mol. The van der Waals surface area contributed by atoms with Crippen LogP contribution in [0.4, 0.5) is 5.69 Å². The molecule has 0 aromatic heterocycles. The Balaban J connectivity index is 1.46. The van der Waals surface area contributed by atoms with E-state index >= 15 is 0 Å². The van der Waals surface area contributed by atoms with Gasteiger partial charge in [-0.1, -0.05) is 29.8 Å². The van der Waals surface area contributed by atoms with Gasteiger partial charge in [0.15, 0.2) is 6.54 Å². The summed E-state index contributed by atoms with van der Waals surface area (Å²) in [5.74, 6) is 1.11. The number of aryl methyl sites for hydroxylation is 1. The number of benzene rings is 2. The van der Waals surface area contributed by atoms with Crippen LogP contribution in [0.25, 0.3) is 0 Å². The number of carbonyl (C=O) groups excluding carboxylic acids is 1. The van der Waals surface area contributed by atoms with Gasteiger partial charge in [0.2, 0.25) is 0 Å². The Kier molecular flexibility index (Phi) is 6.35. The van der Waals surface area contributed by atoms with E-state index in [2.05, 4.69) is 55.3 Å². The van der Waals surface area contributed by atoms with Crippen LogP contribution in [0.3, 0.4) is 0 Å². The maximum atomic E-state index is 12.6. The zero-order valence-corrected chi connectivity index (χ0v) is 16.6. The second-order valence-electron chi connectivity index (χ2n) is 7.36. The van der Waals surface area contributed by atoms with Crippen molar-refractivity contribution in [3.05, 3.63) is 59.7 Å². The molecule has 144 valence electrons. The van der Waals surface area contributed by atoms with E-state index in [1.54, 1.807) is 7.11 Å². The number of methoxy groups -OCH3 is 1. The first-order valence-electron chi connectivity index (χ1n) is 9.59. The Hall–Kier alpha value is -2.53. The highest BCUT2D eigenvalue weighted by Crippen LogP contribution is 2.20. The molecule has 1 amide bonds. The van der Waals surface area contributed by atoms with Gasteiger partial charge in [0.05, 0.1) is 14.2 Å². The second kappa shape index (κ2) is 8.91. The zero-order valence-electron chi connectivity index (χ0n) is 16.6. The topological polar surface area (TPSA) is 37.2 Å². The number of hydrogen-bond acceptors (Lipinski definition) is 3. The minimum absolute atomic E-state index is 0.244. The fourth-order valence-electron chi connectivity index (χ4n) is 3.49. The molecule has 1 heterocycles. The van der Waals surface area contributed by atoms with Gasteiger partial charge in [-0.3, -0.25) is 4.79 Å². The number of nitrogens with zero attached hydrogens (tertiary/aromatic N) is 2. The van der Waals surface area contributed by atoms with Crippen LogP contribution in [0.15, 0.2) is 48.5 Å². The maximum absolute atomic E-state index is 12.6. The van der Waals surface area contributed by atoms with E-state index in [0.717, 1.165) is 38.5 Å². The van der Waals surface area contributed by atoms with Gasteiger partial charge in [-0.25, -0.2) is 0 Å². The Labute approximate surface area is 162 Å². The lowest BCUT2D eigenvalue weighted by atomic mass is 10.1. The summed E-state index contributed by atoms with van der Waals surface area (Å²) in [6, 6.07) is 16.7. The third-order valence-electron chi connectivity index (χ3n) is 5.15. The highest BCUT2D eigenvalue weighted by Gasteiger charge is 2.23. The molecule has 27 heavy (non-hydrogen) atoms. The molecule has 1 atom stereocenters. The number of piperazine rings is 1. The van der Waals surface area contributed by atoms with Crippen LogP contribution in [0.2, 0.25) is 0 Å². The fourth-order valence-corrected chi connectivity index (χ4v) is 3.49. The Morgan fingerprint density at radius 3 is 2.22 bits per heavy atom. The quantitative estimate of drug-likeness (QED) is 0.837. The van der Waals surface area contributed by atoms with E-state index in [9.17, 15) is 4.79 Å². The summed E-state index contributed by atoms with van der Waals surface area (Å²) < 4.78 is 5.22. The van der Waals surface area contributed by atoms with Gasteiger partial charge in [0.1, 0.15) is 12.3 Å². The summed E-state index contributed by atoms with van der Waals surface area (Å²) in [4.78, 5) is 18.2. The molecule has 1 aliphatic rings. The molecule has 1 aliphatic heterocycles. The lowest BCUT2D eigenvalue weighted by Gasteiger charge is -2.36. The highest BCUT2D eigenvalue weighted by atomic mass is 16.5. The minimum Gasteiger partial charge on any atom is -0.497 e. The van der Waals surface area contributed by atoms with Gasteiger partial charge in [-0.2, -0.15) is 0 Å². The molecule has 0 saturated carbocycles. The molecule has 1 N–H and O–H groups in total. The van der Waals surface area contributed by atoms with Crippen molar-refractivity contribution in [2.75, 3.05) is 51.8 Å². The largest absolute Gasteiger partial charge is 0.497 e. The SMILES string of the molecule is COc1ccc(N2CCN(C(=O)C[NH+](C)Cc3ccc(C)cc3)CC2)cc1. The second-order valence-corrected chi connectivity index (χ2v) is 7.36. The van der Waals surface area contributed by atoms with Gasteiger partial charge >= 0.3 is 0 Å². The molecule has 0 radical (unpaired) electrons. The van der Waals surface area contributed by atoms with Crippen molar-refractivity contribution in [2.24, 2.45) is 0 Å². The van der Waals surface area contributed by atoms with E-state index in [1.165, 1.54) is 21.7 Å². The fraction of sp³-hybridized carbons (Fsp3) is 0.409. The smallest absolute Gasteiger partial charge is 0.277 e. The third kappa shape index (κ3) is 5.23. The number of nitrogens with one attached hydrogen (secondary N) is 1. The Morgan fingerprint density at radius 1 is 1.00 bits per heavy atom. The summed E-state index contributed by atoms with van der Waals surface area (Å²) in [6.07, 6.45) is 0. The van der Waals surface area contributed by atoms with Gasteiger partial charge in [0.25, 0.3) is 5.91 Å². The van der Waals surface area contributed by atoms with Crippen molar-refractivity contribution in [3.8, 4) is 5.75 Å². The van der Waals surface area contributed by atoms with Crippen LogP contribution in [-0.2, 0) is 11.3 Å². The van der Waals surface area contributed by atoms with Gasteiger partial charge in [-0.15, -0.1) is 0 Å². The minimum atomic E-state index is 0.244. The average molecular weight is 369 g/mol. The Bertz CT molecular complexity index is 735. The highest BCUT2D eigenvalue weighted by molar-refractivity contribution is 5.77. The van der Waals surface area contributed by atoms with Gasteiger partial charge < -0.3 is 19.4 Å². The number of carbonyl (C=O) groups is 1. The maximum Gasteiger partial charge on any atom is 0.277 e. The van der Waals surface area contributed by atoms with Crippen molar-refractivity contribution in [1.82, 2.24) is 4.90 Å². The molecule has 1 saturated heterocycles. The van der Waals surface area contributed by atoms with Gasteiger partial charge in [0, 0.05) is 37.4 Å². The number of anilines is 1. The van der Waals surface area contributed by atoms with Crippen molar-refractivity contribution >= 4 is 11.6 Å². The van der Waals surface area contributed by atoms with Crippen LogP contribution in [-0.4, -0.2) is 57.7 Å². The molecule has 0 bridgehead atoms. The van der Waals surface area contributed by atoms with Crippen molar-refractivity contribution < 1.29 is 14.4 Å². The van der Waals surface area contributed by atoms with E-state index in [0.29, 0.717) is 6.54 Å². The predicted octanol–water partition coefficient (Wildman–Crippen LogP) is 1.37. The molecule has 5 heteroatoms. The number of ether oxygens (including phenoxy) is 1. The lowest BCUT2D eigenvalue weighted by Crippen LogP contribution is -3.09. The molecule has 2 aromatic carbocycles. The normalized spacial score (nSPS) is 15.5. The Morgan fingerprint density at radius 2 is 1.63 bits per heavy atom. The predicted molar refractivity (Wildman–Crippen MR) is 108 cm³/mol. The number of quaternary nitrogens is 1. The number of likely N-dealkylation sites (N-methyl/N-ethyl adjacent to an activating group) is 1. The summed E-state index contributed by atoms with van der Waals surface area (Å²) in [7, 11) is 3.77. The number of rotatable bonds is 6. The van der Waals surface area contributed by atoms with Crippen LogP contribution >= 0.6 is 0 Å². The summed E-state index contributed by atoms with van der Waals surface area (Å²) in [5.41, 5.74) is 3.72. The van der Waals surface area contributed by atoms with E-state index < -0.39 is 0 Å². The average Bonchev–Trinajstić information content (AvgIpc) is 2.70. The van der Waals surface area contributed by atoms with Crippen LogP contribution in [0, 0.1) is 6.92 Å². The summed E-state index contributed by atoms with van der Waals surface area (Å²) in [6.45, 7) is 6.80. The van der Waals surface area contributed by atoms with Crippen LogP contribution < -0.4 is 14.5 Å². The molecular formula is C22H30N3O2+. The lowest BCUT2D eigenvalue weighted by molar-refractivity contribution is -0.885. The first-order valence-corrected chi connectivity index (χ1v) is 9.59. The van der Waals surface area contributed by atoms with Gasteiger partial charge in [-0.05, 0) is 31.2 Å². The molecule has 0 spiro atoms. The van der Waals surface area contributed by atoms with Crippen molar-refractivity contribution in [3.63, 3.8) is 0 Å². The first kappa shape index (κ1) is 19.2. The van der Waals surface area contributed by atoms with E-state index in [1.807, 2.05) is 17.0 Å². The van der Waals surface area contributed by atoms with E-state index in [-0.39, 0.29) is 5.91 Å². The molecule has 1 unspecified atom stereocenters. The van der Waals surface area contributed by atoms with Crippen LogP contribution in [0.5, 0.6) is 5.75 Å². The molecule has 3 rings (SSSR count). The van der Waals surface area contributed by atoms with Crippen molar-refractivity contribution in [2.45, 2.75) is 13.5 Å². The molecule has 5 nitrogen and oxygen atoms in total. The number of amides is 1. The summed E-state index contributed by atoms with van der Waals surface area (Å²) in [5, 5.41) is 0. The first-order chi connectivity index (χ1) is 13.0. The molecular weight excluding hydrogens is 338 g/mol. The zero-order chi connectivity index (χ0) is 19.2. The third-order valence-corrected chi connectivity index (χ3v) is 5.15. The van der Waals surface area contributed by atoms with Crippen LogP contribution in [0.1, 0.15) is 11.1 Å². The van der Waals surface area contributed by atoms with Crippen molar-refractivity contribution in [1.29, 1.82) is 0 Å². The molecule has 2 aromatic rings. The standard InChI is InChI=1S/C22H29N3O2/c1-18-4-6-19(7-5-18)16-23(2)17-22(26)25-14-12-24(13-15-25)20-8-10-21(27-3)11-9-20/h4-11H,12-17H2,1-3H3/p+1. The molecule has 1 fully saturated rings.